The van der Waals surface area contributed by atoms with E-state index in [0.717, 1.165) is 21.5 Å². The Morgan fingerprint density at radius 2 is 1.26 bits per heavy atom. The number of hydrogen-bond acceptors (Lipinski definition) is 2. The molecule has 0 heterocycles. The maximum atomic E-state index is 11.1. The van der Waals surface area contributed by atoms with Crippen LogP contribution in [0, 0.1) is 0 Å². The first-order valence-electron chi connectivity index (χ1n) is 5.44. The minimum atomic E-state index is -4.15. The van der Waals surface area contributed by atoms with E-state index < -0.39 is 10.1 Å². The van der Waals surface area contributed by atoms with E-state index in [0.29, 0.717) is 0 Å². The van der Waals surface area contributed by atoms with Gasteiger partial charge in [0.2, 0.25) is 0 Å². The zero-order valence-corrected chi connectivity index (χ0v) is 10.2. The van der Waals surface area contributed by atoms with Crippen LogP contribution in [0.1, 0.15) is 0 Å². The van der Waals surface area contributed by atoms with Crippen LogP contribution in [0.4, 0.5) is 0 Å². The summed E-state index contributed by atoms with van der Waals surface area (Å²) in [5.41, 5.74) is 0. The average Bonchev–Trinajstić information content (AvgIpc) is 2.34. The molecule has 0 saturated heterocycles. The molecule has 0 aliphatic heterocycles. The van der Waals surface area contributed by atoms with Gasteiger partial charge in [-0.1, -0.05) is 30.3 Å². The van der Waals surface area contributed by atoms with Crippen molar-refractivity contribution in [1.29, 1.82) is 0 Å². The molecule has 0 radical (unpaired) electrons. The van der Waals surface area contributed by atoms with Gasteiger partial charge in [-0.25, -0.2) is 0 Å². The maximum absolute atomic E-state index is 11.1. The second-order valence-electron chi connectivity index (χ2n) is 4.18. The molecular weight excluding hydrogens is 271 g/mol. The van der Waals surface area contributed by atoms with Gasteiger partial charge in [-0.15, -0.1) is 0 Å². The van der Waals surface area contributed by atoms with Crippen molar-refractivity contribution in [3.05, 3.63) is 54.6 Å². The van der Waals surface area contributed by atoms with Gasteiger partial charge in [-0.05, 0) is 45.8 Å². The third kappa shape index (κ3) is 2.83. The summed E-state index contributed by atoms with van der Waals surface area (Å²) >= 11 is 0. The molecule has 0 saturated carbocycles. The van der Waals surface area contributed by atoms with E-state index in [9.17, 15) is 8.42 Å². The number of rotatable bonds is 1. The van der Waals surface area contributed by atoms with Crippen molar-refractivity contribution in [3.8, 4) is 0 Å². The Morgan fingerprint density at radius 1 is 0.737 bits per heavy atom. The van der Waals surface area contributed by atoms with E-state index >= 15 is 0 Å². The predicted octanol–water partition coefficient (Wildman–Crippen LogP) is 2.59. The fourth-order valence-corrected chi connectivity index (χ4v) is 2.59. The third-order valence-electron chi connectivity index (χ3n) is 2.97. The van der Waals surface area contributed by atoms with Crippen molar-refractivity contribution < 1.29 is 13.0 Å². The number of hydrogen-bond donors (Lipinski definition) is 1. The van der Waals surface area contributed by atoms with Crippen molar-refractivity contribution in [3.63, 3.8) is 0 Å². The molecule has 0 aliphatic rings. The zero-order chi connectivity index (χ0) is 12.8. The van der Waals surface area contributed by atoms with E-state index in [-0.39, 0.29) is 34.5 Å². The summed E-state index contributed by atoms with van der Waals surface area (Å²) in [5.74, 6) is 0. The molecule has 0 aliphatic carbocycles. The second kappa shape index (κ2) is 5.23. The molecule has 0 fully saturated rings. The first-order chi connectivity index (χ1) is 8.54. The fraction of sp³-hybridized carbons (Fsp3) is 0. The summed E-state index contributed by atoms with van der Waals surface area (Å²) < 4.78 is 31.2. The van der Waals surface area contributed by atoms with Gasteiger partial charge in [0.1, 0.15) is 0 Å². The molecule has 3 aromatic rings. The Morgan fingerprint density at radius 3 is 1.84 bits per heavy atom. The zero-order valence-electron chi connectivity index (χ0n) is 9.37. The fourth-order valence-electron chi connectivity index (χ4n) is 2.08. The van der Waals surface area contributed by atoms with Crippen LogP contribution in [0.2, 0.25) is 0 Å². The van der Waals surface area contributed by atoms with Gasteiger partial charge in [0.25, 0.3) is 10.1 Å². The van der Waals surface area contributed by atoms with E-state index in [1.807, 2.05) is 36.4 Å². The summed E-state index contributed by atoms with van der Waals surface area (Å²) in [7, 11) is -4.15. The summed E-state index contributed by atoms with van der Waals surface area (Å²) in [4.78, 5) is -0.0784. The van der Waals surface area contributed by atoms with E-state index in [1.165, 1.54) is 12.1 Å². The average molecular weight is 282 g/mol. The van der Waals surface area contributed by atoms with Crippen molar-refractivity contribution in [2.45, 2.75) is 4.90 Å². The van der Waals surface area contributed by atoms with Gasteiger partial charge in [-0.3, -0.25) is 4.55 Å². The Hall–Kier alpha value is -0.910. The van der Waals surface area contributed by atoms with Crippen LogP contribution in [0.15, 0.2) is 59.5 Å². The summed E-state index contributed by atoms with van der Waals surface area (Å²) in [6, 6.07) is 16.4. The van der Waals surface area contributed by atoms with Gasteiger partial charge in [0.15, 0.2) is 0 Å². The molecule has 92 valence electrons. The van der Waals surface area contributed by atoms with Crippen LogP contribution in [0.3, 0.4) is 0 Å². The van der Waals surface area contributed by atoms with Crippen LogP contribution in [0.25, 0.3) is 21.5 Å². The van der Waals surface area contributed by atoms with Gasteiger partial charge in [0.05, 0.1) is 4.90 Å². The van der Waals surface area contributed by atoms with Gasteiger partial charge < -0.3 is 0 Å². The number of fused-ring (bicyclic) bond motifs is 2. The Labute approximate surface area is 133 Å². The van der Waals surface area contributed by atoms with Gasteiger partial charge >= 0.3 is 29.6 Å². The quantitative estimate of drug-likeness (QED) is 0.424. The molecule has 0 bridgehead atoms. The summed E-state index contributed by atoms with van der Waals surface area (Å²) in [5, 5.41) is 3.88. The van der Waals surface area contributed by atoms with Crippen LogP contribution in [-0.2, 0) is 10.1 Å². The Bertz CT molecular complexity index is 857. The van der Waals surface area contributed by atoms with E-state index in [4.69, 9.17) is 4.55 Å². The molecule has 3 nitrogen and oxygen atoms in total. The second-order valence-corrected chi connectivity index (χ2v) is 5.60. The molecular formula is C14H11NaO3S. The standard InChI is InChI=1S/C14H10O3S.Na.H/c15-18(16,17)14-6-5-12-7-10-3-1-2-4-11(10)8-13(12)9-14;;/h1-9H,(H,15,16,17);;. The van der Waals surface area contributed by atoms with E-state index in [1.54, 1.807) is 6.07 Å². The Balaban J connectivity index is 0.00000133. The number of benzene rings is 3. The predicted molar refractivity (Wildman–Crippen MR) is 78.4 cm³/mol. The molecule has 1 N–H and O–H groups in total. The van der Waals surface area contributed by atoms with Crippen molar-refractivity contribution >= 4 is 61.2 Å². The third-order valence-corrected chi connectivity index (χ3v) is 3.82. The monoisotopic (exact) mass is 282 g/mol. The van der Waals surface area contributed by atoms with Gasteiger partial charge in [-0.2, -0.15) is 8.42 Å². The molecule has 0 atom stereocenters. The molecule has 0 aromatic heterocycles. The molecule has 0 spiro atoms. The molecule has 5 heteroatoms. The molecule has 0 amide bonds. The van der Waals surface area contributed by atoms with Crippen molar-refractivity contribution in [2.75, 3.05) is 0 Å². The SMILES string of the molecule is O=S(=O)(O)c1ccc2cc3ccccc3cc2c1.[NaH]. The van der Waals surface area contributed by atoms with E-state index in [2.05, 4.69) is 0 Å². The Kier molecular flexibility index (Phi) is 3.99. The molecule has 0 unspecified atom stereocenters. The molecule has 3 aromatic carbocycles. The topological polar surface area (TPSA) is 54.4 Å². The van der Waals surface area contributed by atoms with Crippen LogP contribution in [-0.4, -0.2) is 42.5 Å². The summed E-state index contributed by atoms with van der Waals surface area (Å²) in [6.45, 7) is 0. The normalized spacial score (nSPS) is 11.4. The van der Waals surface area contributed by atoms with Crippen molar-refractivity contribution in [1.82, 2.24) is 0 Å². The van der Waals surface area contributed by atoms with Crippen LogP contribution >= 0.6 is 0 Å². The first kappa shape index (κ1) is 14.5. The minimum absolute atomic E-state index is 0. The van der Waals surface area contributed by atoms with Crippen molar-refractivity contribution in [2.24, 2.45) is 0 Å². The summed E-state index contributed by atoms with van der Waals surface area (Å²) in [6.07, 6.45) is 0. The molecule has 19 heavy (non-hydrogen) atoms. The van der Waals surface area contributed by atoms with Crippen LogP contribution in [0.5, 0.6) is 0 Å². The van der Waals surface area contributed by atoms with Gasteiger partial charge in [0, 0.05) is 0 Å². The van der Waals surface area contributed by atoms with Crippen LogP contribution < -0.4 is 0 Å². The first-order valence-corrected chi connectivity index (χ1v) is 6.88. The molecule has 3 rings (SSSR count).